The highest BCUT2D eigenvalue weighted by atomic mass is 32.1. The number of unbranched alkanes of at least 4 members (excludes halogenated alkanes) is 9. The number of hydrogen-bond donors (Lipinski definition) is 0. The van der Waals surface area contributed by atoms with Crippen LogP contribution in [0.5, 0.6) is 0 Å². The first kappa shape index (κ1) is 32.5. The van der Waals surface area contributed by atoms with Gasteiger partial charge in [0, 0.05) is 27.4 Å². The fourth-order valence-electron chi connectivity index (χ4n) is 7.13. The van der Waals surface area contributed by atoms with Crippen molar-refractivity contribution in [3.63, 3.8) is 0 Å². The highest BCUT2D eigenvalue weighted by molar-refractivity contribution is 7.08. The lowest BCUT2D eigenvalue weighted by atomic mass is 9.94. The molecular weight excluding hydrogens is 577 g/mol. The molecule has 3 heteroatoms. The summed E-state index contributed by atoms with van der Waals surface area (Å²) in [5.41, 5.74) is 9.05. The molecule has 0 fully saturated rings. The Kier molecular flexibility index (Phi) is 11.2. The minimum atomic E-state index is 1.04. The maximum atomic E-state index is 5.48. The van der Waals surface area contributed by atoms with Gasteiger partial charge in [-0.1, -0.05) is 127 Å². The Morgan fingerprint density at radius 1 is 0.543 bits per heavy atom. The van der Waals surface area contributed by atoms with Gasteiger partial charge in [0.25, 0.3) is 0 Å². The van der Waals surface area contributed by atoms with E-state index in [4.69, 9.17) is 4.98 Å². The van der Waals surface area contributed by atoms with Crippen molar-refractivity contribution in [1.82, 2.24) is 9.55 Å². The monoisotopic (exact) mass is 628 g/mol. The van der Waals surface area contributed by atoms with Crippen molar-refractivity contribution in [1.29, 1.82) is 0 Å². The van der Waals surface area contributed by atoms with Gasteiger partial charge in [0.1, 0.15) is 5.82 Å². The third kappa shape index (κ3) is 7.26. The van der Waals surface area contributed by atoms with Crippen LogP contribution >= 0.6 is 11.3 Å². The van der Waals surface area contributed by atoms with Gasteiger partial charge in [-0.2, -0.15) is 11.3 Å². The second kappa shape index (κ2) is 15.9. The van der Waals surface area contributed by atoms with E-state index in [0.29, 0.717) is 0 Å². The summed E-state index contributed by atoms with van der Waals surface area (Å²) in [4.78, 5) is 5.48. The van der Waals surface area contributed by atoms with Crippen LogP contribution in [0.2, 0.25) is 0 Å². The third-order valence-electron chi connectivity index (χ3n) is 9.78. The van der Waals surface area contributed by atoms with Crippen molar-refractivity contribution in [2.24, 2.45) is 0 Å². The molecular formula is C43H52N2S. The second-order valence-electron chi connectivity index (χ2n) is 13.3. The Labute approximate surface area is 280 Å². The number of fused-ring (bicyclic) bond motifs is 6. The van der Waals surface area contributed by atoms with Crippen molar-refractivity contribution in [3.05, 3.63) is 94.2 Å². The number of hydrogen-bond acceptors (Lipinski definition) is 2. The van der Waals surface area contributed by atoms with Crippen LogP contribution in [-0.2, 0) is 19.3 Å². The van der Waals surface area contributed by atoms with Gasteiger partial charge >= 0.3 is 0 Å². The van der Waals surface area contributed by atoms with Gasteiger partial charge in [-0.25, -0.2) is 4.98 Å². The molecule has 0 amide bonds. The number of thiophene rings is 1. The Bertz CT molecular complexity index is 1840. The predicted molar refractivity (Wildman–Crippen MR) is 203 cm³/mol. The maximum Gasteiger partial charge on any atom is 0.146 e. The molecule has 6 rings (SSSR count). The van der Waals surface area contributed by atoms with E-state index in [0.717, 1.165) is 30.6 Å². The Morgan fingerprint density at radius 3 is 1.65 bits per heavy atom. The van der Waals surface area contributed by atoms with Gasteiger partial charge in [-0.3, -0.25) is 4.57 Å². The molecule has 0 bridgehead atoms. The molecule has 0 aliphatic carbocycles. The highest BCUT2D eigenvalue weighted by Gasteiger charge is 2.21. The Morgan fingerprint density at radius 2 is 1.09 bits per heavy atom. The SMILES string of the molecule is CCCCCCc1ccc(-n2c(-c3ccsc3)nc3c4ccc(CCCCCC)cc4c4cc(CCCCCC)ccc4c32)cc1. The maximum absolute atomic E-state index is 5.48. The van der Waals surface area contributed by atoms with E-state index in [2.05, 4.69) is 103 Å². The van der Waals surface area contributed by atoms with Gasteiger partial charge in [0.05, 0.1) is 11.0 Å². The number of rotatable bonds is 17. The molecule has 0 aliphatic heterocycles. The molecule has 240 valence electrons. The Hall–Kier alpha value is -3.43. The van der Waals surface area contributed by atoms with Gasteiger partial charge in [0.2, 0.25) is 0 Å². The molecule has 6 aromatic rings. The van der Waals surface area contributed by atoms with Crippen LogP contribution < -0.4 is 0 Å². The molecule has 2 aromatic heterocycles. The minimum Gasteiger partial charge on any atom is -0.292 e. The lowest BCUT2D eigenvalue weighted by molar-refractivity contribution is 0.667. The lowest BCUT2D eigenvalue weighted by Gasteiger charge is -2.14. The van der Waals surface area contributed by atoms with E-state index in [1.807, 2.05) is 0 Å². The van der Waals surface area contributed by atoms with E-state index < -0.39 is 0 Å². The first-order valence-electron chi connectivity index (χ1n) is 18.2. The topological polar surface area (TPSA) is 17.8 Å². The average molecular weight is 629 g/mol. The molecule has 0 aliphatic rings. The average Bonchev–Trinajstić information content (AvgIpc) is 3.77. The molecule has 0 atom stereocenters. The summed E-state index contributed by atoms with van der Waals surface area (Å²) in [6.45, 7) is 6.87. The molecule has 0 saturated heterocycles. The molecule has 46 heavy (non-hydrogen) atoms. The number of benzene rings is 4. The molecule has 2 heterocycles. The fraction of sp³-hybridized carbons (Fsp3) is 0.419. The summed E-state index contributed by atoms with van der Waals surface area (Å²) in [6.07, 6.45) is 18.9. The first-order chi connectivity index (χ1) is 22.7. The zero-order chi connectivity index (χ0) is 31.7. The van der Waals surface area contributed by atoms with E-state index in [9.17, 15) is 0 Å². The van der Waals surface area contributed by atoms with Crippen molar-refractivity contribution in [3.8, 4) is 17.1 Å². The lowest BCUT2D eigenvalue weighted by Crippen LogP contribution is -1.99. The summed E-state index contributed by atoms with van der Waals surface area (Å²) in [5, 5.41) is 9.72. The number of aryl methyl sites for hydroxylation is 3. The standard InChI is InChI=1S/C43H52N2S/c1-4-7-10-13-16-32-19-23-36(24-20-32)45-42-38-26-22-34(18-15-12-9-6-3)30-40(38)39-29-33(17-14-11-8-5-2)21-25-37(39)41(42)44-43(45)35-27-28-46-31-35/h19-31H,4-18H2,1-3H3. The van der Waals surface area contributed by atoms with Crippen molar-refractivity contribution in [2.45, 2.75) is 117 Å². The molecule has 4 aromatic carbocycles. The molecule has 0 radical (unpaired) electrons. The number of imidazole rings is 1. The van der Waals surface area contributed by atoms with E-state index in [1.54, 1.807) is 11.3 Å². The van der Waals surface area contributed by atoms with Gasteiger partial charge in [0.15, 0.2) is 0 Å². The molecule has 0 saturated carbocycles. The van der Waals surface area contributed by atoms with Crippen LogP contribution in [-0.4, -0.2) is 9.55 Å². The normalized spacial score (nSPS) is 11.8. The largest absolute Gasteiger partial charge is 0.292 e. The molecule has 0 spiro atoms. The van der Waals surface area contributed by atoms with Crippen molar-refractivity contribution < 1.29 is 0 Å². The van der Waals surface area contributed by atoms with Crippen LogP contribution in [0.15, 0.2) is 77.5 Å². The smallest absolute Gasteiger partial charge is 0.146 e. The van der Waals surface area contributed by atoms with Crippen molar-refractivity contribution >= 4 is 43.9 Å². The van der Waals surface area contributed by atoms with Crippen molar-refractivity contribution in [2.75, 3.05) is 0 Å². The molecule has 0 N–H and O–H groups in total. The molecule has 2 nitrogen and oxygen atoms in total. The summed E-state index contributed by atoms with van der Waals surface area (Å²) in [5.74, 6) is 1.04. The number of aromatic nitrogens is 2. The second-order valence-corrected chi connectivity index (χ2v) is 14.1. The Balaban J connectivity index is 1.52. The zero-order valence-electron chi connectivity index (χ0n) is 28.4. The predicted octanol–water partition coefficient (Wildman–Crippen LogP) is 13.4. The zero-order valence-corrected chi connectivity index (χ0v) is 29.2. The van der Waals surface area contributed by atoms with E-state index >= 15 is 0 Å². The van der Waals surface area contributed by atoms with Crippen LogP contribution in [0.3, 0.4) is 0 Å². The van der Waals surface area contributed by atoms with E-state index in [-0.39, 0.29) is 0 Å². The van der Waals surface area contributed by atoms with E-state index in [1.165, 1.54) is 132 Å². The minimum absolute atomic E-state index is 1.04. The summed E-state index contributed by atoms with van der Waals surface area (Å²) in [7, 11) is 0. The molecule has 0 unspecified atom stereocenters. The van der Waals surface area contributed by atoms with Crippen LogP contribution in [0.25, 0.3) is 49.7 Å². The fourth-order valence-corrected chi connectivity index (χ4v) is 7.76. The van der Waals surface area contributed by atoms with Crippen LogP contribution in [0.4, 0.5) is 0 Å². The van der Waals surface area contributed by atoms with Crippen LogP contribution in [0, 0.1) is 0 Å². The third-order valence-corrected chi connectivity index (χ3v) is 10.5. The highest BCUT2D eigenvalue weighted by Crippen LogP contribution is 2.40. The first-order valence-corrected chi connectivity index (χ1v) is 19.2. The van der Waals surface area contributed by atoms with Gasteiger partial charge in [-0.15, -0.1) is 0 Å². The van der Waals surface area contributed by atoms with Gasteiger partial charge in [-0.05, 0) is 89.6 Å². The quantitative estimate of drug-likeness (QED) is 0.0726. The summed E-state index contributed by atoms with van der Waals surface area (Å²) < 4.78 is 2.44. The summed E-state index contributed by atoms with van der Waals surface area (Å²) >= 11 is 1.74. The van der Waals surface area contributed by atoms with Crippen LogP contribution in [0.1, 0.15) is 115 Å². The number of nitrogens with zero attached hydrogens (tertiary/aromatic N) is 2. The summed E-state index contributed by atoms with van der Waals surface area (Å²) in [6, 6.07) is 26.1. The van der Waals surface area contributed by atoms with Gasteiger partial charge < -0.3 is 0 Å².